The van der Waals surface area contributed by atoms with Gasteiger partial charge in [-0.1, -0.05) is 24.3 Å². The summed E-state index contributed by atoms with van der Waals surface area (Å²) in [5, 5.41) is 0. The zero-order valence-electron chi connectivity index (χ0n) is 13.3. The molecule has 0 N–H and O–H groups in total. The lowest BCUT2D eigenvalue weighted by atomic mass is 9.34. The van der Waals surface area contributed by atoms with E-state index in [1.54, 1.807) is 0 Å². The van der Waals surface area contributed by atoms with E-state index in [4.69, 9.17) is 9.47 Å². The lowest BCUT2D eigenvalue weighted by molar-refractivity contribution is -0.283. The predicted octanol–water partition coefficient (Wildman–Crippen LogP) is 3.30. The van der Waals surface area contributed by atoms with Crippen LogP contribution in [0.4, 0.5) is 0 Å². The standard InChI is InChI=1S/C21H22O2/c1-2-7-20-15-11-13-14-12(17(11)8-9-17)16(15)21(23-20)19(14,18(13,20)5-1)6-3-4-10-22-21/h1-4,11-16H,5-10H2/t11?,12?,13?,14?,15?,16?,18-,19+,20-,21+/m0/s1. The van der Waals surface area contributed by atoms with Crippen molar-refractivity contribution in [1.82, 2.24) is 0 Å². The number of ether oxygens (including phenoxy) is 2. The van der Waals surface area contributed by atoms with Crippen molar-refractivity contribution in [3.05, 3.63) is 24.3 Å². The second kappa shape index (κ2) is 2.52. The van der Waals surface area contributed by atoms with E-state index in [0.29, 0.717) is 10.8 Å². The SMILES string of the molecule is C1=CC[C@@]23C4C5C6C7C(C4[C@@]24CC=CC[C@]74O[C@]63OC1)C51CC1. The van der Waals surface area contributed by atoms with Gasteiger partial charge >= 0.3 is 0 Å². The van der Waals surface area contributed by atoms with E-state index in [0.717, 1.165) is 47.5 Å². The normalized spacial score (nSPS) is 76.9. The van der Waals surface area contributed by atoms with Crippen LogP contribution in [0.15, 0.2) is 24.3 Å². The molecular weight excluding hydrogens is 284 g/mol. The smallest absolute Gasteiger partial charge is 0.179 e. The fraction of sp³-hybridized carbons (Fsp3) is 0.810. The highest BCUT2D eigenvalue weighted by atomic mass is 16.7. The molecule has 2 nitrogen and oxygen atoms in total. The topological polar surface area (TPSA) is 18.5 Å². The van der Waals surface area contributed by atoms with Crippen LogP contribution in [-0.2, 0) is 9.47 Å². The van der Waals surface area contributed by atoms with Crippen LogP contribution in [0.25, 0.3) is 0 Å². The summed E-state index contributed by atoms with van der Waals surface area (Å²) in [6.07, 6.45) is 16.5. The van der Waals surface area contributed by atoms with Gasteiger partial charge in [0.1, 0.15) is 0 Å². The van der Waals surface area contributed by atoms with Gasteiger partial charge in [0.25, 0.3) is 0 Å². The Balaban J connectivity index is 1.48. The van der Waals surface area contributed by atoms with Crippen LogP contribution in [-0.4, -0.2) is 18.0 Å². The Kier molecular flexibility index (Phi) is 1.22. The van der Waals surface area contributed by atoms with Gasteiger partial charge in [-0.2, -0.15) is 0 Å². The first-order valence-corrected chi connectivity index (χ1v) is 9.95. The van der Waals surface area contributed by atoms with Crippen LogP contribution < -0.4 is 0 Å². The van der Waals surface area contributed by atoms with Crippen molar-refractivity contribution in [2.45, 2.75) is 43.5 Å². The quantitative estimate of drug-likeness (QED) is 0.639. The van der Waals surface area contributed by atoms with Crippen molar-refractivity contribution in [2.75, 3.05) is 6.61 Å². The molecule has 8 fully saturated rings. The molecule has 5 spiro atoms. The summed E-state index contributed by atoms with van der Waals surface area (Å²) in [4.78, 5) is 0. The molecule has 6 saturated carbocycles. The molecule has 10 atom stereocenters. The van der Waals surface area contributed by atoms with Crippen LogP contribution in [0, 0.1) is 51.8 Å². The molecule has 2 saturated heterocycles. The average Bonchev–Trinajstić information content (AvgIpc) is 3.10. The Morgan fingerprint density at radius 1 is 0.696 bits per heavy atom. The van der Waals surface area contributed by atoms with Gasteiger partial charge < -0.3 is 9.47 Å². The number of hydrogen-bond donors (Lipinski definition) is 0. The summed E-state index contributed by atoms with van der Waals surface area (Å²) in [6.45, 7) is 0.784. The summed E-state index contributed by atoms with van der Waals surface area (Å²) < 4.78 is 14.0. The summed E-state index contributed by atoms with van der Waals surface area (Å²) in [6, 6.07) is 0. The van der Waals surface area contributed by atoms with Crippen LogP contribution in [0.3, 0.4) is 0 Å². The maximum Gasteiger partial charge on any atom is 0.179 e. The second-order valence-electron chi connectivity index (χ2n) is 10.4. The Morgan fingerprint density at radius 2 is 1.43 bits per heavy atom. The third kappa shape index (κ3) is 0.594. The molecular formula is C21H22O2. The molecule has 7 aliphatic carbocycles. The maximum atomic E-state index is 7.22. The van der Waals surface area contributed by atoms with Gasteiger partial charge in [0.15, 0.2) is 5.79 Å². The monoisotopic (exact) mass is 306 g/mol. The highest BCUT2D eigenvalue weighted by Gasteiger charge is 3.10. The number of rotatable bonds is 0. The third-order valence-electron chi connectivity index (χ3n) is 11.1. The van der Waals surface area contributed by atoms with Crippen molar-refractivity contribution in [3.8, 4) is 0 Å². The van der Waals surface area contributed by atoms with Crippen molar-refractivity contribution in [3.63, 3.8) is 0 Å². The Bertz CT molecular complexity index is 794. The molecule has 0 aromatic carbocycles. The minimum absolute atomic E-state index is 0.171. The largest absolute Gasteiger partial charge is 0.345 e. The molecule has 4 bridgehead atoms. The highest BCUT2D eigenvalue weighted by Crippen LogP contribution is 3.07. The first kappa shape index (κ1) is 11.1. The maximum absolute atomic E-state index is 7.22. The first-order chi connectivity index (χ1) is 11.3. The Labute approximate surface area is 136 Å². The fourth-order valence-corrected chi connectivity index (χ4v) is 11.6. The first-order valence-electron chi connectivity index (χ1n) is 9.95. The molecule has 0 aromatic rings. The summed E-state index contributed by atoms with van der Waals surface area (Å²) in [7, 11) is 0. The van der Waals surface area contributed by atoms with Crippen molar-refractivity contribution >= 4 is 0 Å². The van der Waals surface area contributed by atoms with Gasteiger partial charge in [-0.05, 0) is 61.2 Å². The van der Waals surface area contributed by atoms with Crippen molar-refractivity contribution < 1.29 is 9.47 Å². The van der Waals surface area contributed by atoms with E-state index >= 15 is 0 Å². The van der Waals surface area contributed by atoms with Gasteiger partial charge in [-0.3, -0.25) is 0 Å². The zero-order valence-corrected chi connectivity index (χ0v) is 13.3. The van der Waals surface area contributed by atoms with Gasteiger partial charge in [0.2, 0.25) is 0 Å². The average molecular weight is 306 g/mol. The fourth-order valence-electron chi connectivity index (χ4n) is 11.6. The second-order valence-corrected chi connectivity index (χ2v) is 10.4. The predicted molar refractivity (Wildman–Crippen MR) is 82.1 cm³/mol. The molecule has 3 heterocycles. The molecule has 0 amide bonds. The molecule has 10 aliphatic rings. The molecule has 0 radical (unpaired) electrons. The summed E-state index contributed by atoms with van der Waals surface area (Å²) in [5.41, 5.74) is 1.71. The van der Waals surface area contributed by atoms with Gasteiger partial charge in [0.05, 0.1) is 12.2 Å². The van der Waals surface area contributed by atoms with Crippen molar-refractivity contribution in [2.24, 2.45) is 51.8 Å². The van der Waals surface area contributed by atoms with Gasteiger partial charge in [0, 0.05) is 22.7 Å². The molecule has 0 aromatic heterocycles. The van der Waals surface area contributed by atoms with Crippen LogP contribution in [0.2, 0.25) is 0 Å². The lowest BCUT2D eigenvalue weighted by Crippen LogP contribution is -2.70. The molecule has 23 heavy (non-hydrogen) atoms. The zero-order chi connectivity index (χ0) is 14.4. The van der Waals surface area contributed by atoms with Crippen LogP contribution >= 0.6 is 0 Å². The van der Waals surface area contributed by atoms with E-state index in [1.807, 2.05) is 0 Å². The van der Waals surface area contributed by atoms with E-state index in [9.17, 15) is 0 Å². The van der Waals surface area contributed by atoms with Gasteiger partial charge in [-0.25, -0.2) is 0 Å². The van der Waals surface area contributed by atoms with Gasteiger partial charge in [-0.15, -0.1) is 0 Å². The van der Waals surface area contributed by atoms with Crippen LogP contribution in [0.1, 0.15) is 32.1 Å². The van der Waals surface area contributed by atoms with E-state index < -0.39 is 0 Å². The summed E-state index contributed by atoms with van der Waals surface area (Å²) >= 11 is 0. The summed E-state index contributed by atoms with van der Waals surface area (Å²) in [5.74, 6) is 5.29. The van der Waals surface area contributed by atoms with E-state index in [1.165, 1.54) is 32.1 Å². The Hall–Kier alpha value is -0.600. The molecule has 2 heteroatoms. The van der Waals surface area contributed by atoms with Crippen LogP contribution in [0.5, 0.6) is 0 Å². The highest BCUT2D eigenvalue weighted by molar-refractivity contribution is 5.56. The van der Waals surface area contributed by atoms with Crippen molar-refractivity contribution in [1.29, 1.82) is 0 Å². The third-order valence-corrected chi connectivity index (χ3v) is 11.1. The number of allylic oxidation sites excluding steroid dienone is 2. The van der Waals surface area contributed by atoms with E-state index in [2.05, 4.69) is 24.3 Å². The number of hydrogen-bond acceptors (Lipinski definition) is 2. The molecule has 10 rings (SSSR count). The minimum atomic E-state index is -0.195. The molecule has 118 valence electrons. The lowest BCUT2D eigenvalue weighted by Gasteiger charge is -2.67. The minimum Gasteiger partial charge on any atom is -0.345 e. The van der Waals surface area contributed by atoms with E-state index in [-0.39, 0.29) is 11.4 Å². The molecule has 3 aliphatic heterocycles. The Morgan fingerprint density at radius 3 is 2.35 bits per heavy atom. The molecule has 6 unspecified atom stereocenters.